The predicted octanol–water partition coefficient (Wildman–Crippen LogP) is 4.65. The first kappa shape index (κ1) is 19.8. The highest BCUT2D eigenvalue weighted by Crippen LogP contribution is 2.18. The number of nitrogens with two attached hydrogens (primary N) is 1. The van der Waals surface area contributed by atoms with E-state index in [1.165, 1.54) is 17.8 Å². The molecule has 6 nitrogen and oxygen atoms in total. The summed E-state index contributed by atoms with van der Waals surface area (Å²) in [6, 6.07) is 16.1. The van der Waals surface area contributed by atoms with Crippen molar-refractivity contribution in [2.75, 3.05) is 5.32 Å². The number of rotatable bonds is 7. The summed E-state index contributed by atoms with van der Waals surface area (Å²) in [5, 5.41) is 11.9. The number of aromatic nitrogens is 1. The zero-order chi connectivity index (χ0) is 20.6. The highest BCUT2D eigenvalue weighted by Gasteiger charge is 2.02. The molecule has 6 heteroatoms. The van der Waals surface area contributed by atoms with E-state index in [1.54, 1.807) is 12.3 Å². The van der Waals surface area contributed by atoms with Crippen LogP contribution in [-0.4, -0.2) is 23.8 Å². The second-order valence-electron chi connectivity index (χ2n) is 6.54. The van der Waals surface area contributed by atoms with E-state index in [2.05, 4.69) is 51.3 Å². The number of aliphatic imine (C=N–C) groups is 2. The van der Waals surface area contributed by atoms with Gasteiger partial charge in [-0.25, -0.2) is 0 Å². The van der Waals surface area contributed by atoms with Crippen molar-refractivity contribution in [3.8, 4) is 0 Å². The van der Waals surface area contributed by atoms with Crippen molar-refractivity contribution in [3.05, 3.63) is 83.8 Å². The monoisotopic (exact) mass is 384 g/mol. The Labute approximate surface area is 170 Å². The molecule has 5 N–H and O–H groups in total. The lowest BCUT2D eigenvalue weighted by Gasteiger charge is -2.08. The van der Waals surface area contributed by atoms with Gasteiger partial charge in [-0.1, -0.05) is 24.3 Å². The van der Waals surface area contributed by atoms with Gasteiger partial charge in [0.05, 0.1) is 6.54 Å². The maximum absolute atomic E-state index is 7.39. The molecule has 146 valence electrons. The fraction of sp³-hybridized carbons (Fsp3) is 0.0870. The van der Waals surface area contributed by atoms with E-state index in [4.69, 9.17) is 11.1 Å². The number of aryl methyl sites for hydroxylation is 1. The quantitative estimate of drug-likeness (QED) is 0.352. The summed E-state index contributed by atoms with van der Waals surface area (Å²) in [5.41, 5.74) is 11.3. The average Bonchev–Trinajstić information content (AvgIpc) is 3.11. The second-order valence-corrected chi connectivity index (χ2v) is 6.54. The summed E-state index contributed by atoms with van der Waals surface area (Å²) in [4.78, 5) is 11.8. The van der Waals surface area contributed by atoms with Crippen LogP contribution in [0.25, 0.3) is 16.5 Å². The molecule has 0 fully saturated rings. The van der Waals surface area contributed by atoms with Crippen molar-refractivity contribution in [1.82, 2.24) is 4.98 Å². The number of allylic oxidation sites excluding steroid dienone is 1. The van der Waals surface area contributed by atoms with Crippen LogP contribution in [0.15, 0.2) is 77.0 Å². The number of nitrogens with one attached hydrogen (secondary N) is 3. The Balaban J connectivity index is 1.78. The van der Waals surface area contributed by atoms with E-state index in [0.717, 1.165) is 28.0 Å². The first-order valence-electron chi connectivity index (χ1n) is 9.18. The number of hydrogen-bond donors (Lipinski definition) is 4. The Morgan fingerprint density at radius 3 is 2.69 bits per heavy atom. The van der Waals surface area contributed by atoms with E-state index < -0.39 is 0 Å². The number of nitrogens with zero attached hydrogens (tertiary/aromatic N) is 2. The summed E-state index contributed by atoms with van der Waals surface area (Å²) in [6.45, 7) is 6.06. The average molecular weight is 384 g/mol. The van der Waals surface area contributed by atoms with Crippen molar-refractivity contribution in [3.63, 3.8) is 0 Å². The minimum Gasteiger partial charge on any atom is -0.404 e. The molecule has 0 radical (unpaired) electrons. The van der Waals surface area contributed by atoms with Crippen molar-refractivity contribution < 1.29 is 0 Å². The summed E-state index contributed by atoms with van der Waals surface area (Å²) in [5.74, 6) is 0.676. The van der Waals surface area contributed by atoms with Gasteiger partial charge >= 0.3 is 0 Å². The Bertz CT molecular complexity index is 1100. The van der Waals surface area contributed by atoms with E-state index in [0.29, 0.717) is 18.0 Å². The van der Waals surface area contributed by atoms with Crippen LogP contribution in [0.1, 0.15) is 16.8 Å². The molecular formula is C23H24N6. The molecule has 0 aliphatic rings. The normalized spacial score (nSPS) is 12.4. The third-order valence-electron chi connectivity index (χ3n) is 4.42. The number of fused-ring (bicyclic) bond motifs is 1. The molecule has 0 bridgehead atoms. The summed E-state index contributed by atoms with van der Waals surface area (Å²) in [6.07, 6.45) is 6.03. The van der Waals surface area contributed by atoms with Crippen molar-refractivity contribution >= 4 is 40.9 Å². The van der Waals surface area contributed by atoms with Crippen molar-refractivity contribution in [2.45, 2.75) is 13.5 Å². The first-order chi connectivity index (χ1) is 14.1. The first-order valence-corrected chi connectivity index (χ1v) is 9.18. The molecule has 1 heterocycles. The third kappa shape index (κ3) is 5.07. The summed E-state index contributed by atoms with van der Waals surface area (Å²) < 4.78 is 0. The number of hydrogen-bond acceptors (Lipinski definition) is 4. The van der Waals surface area contributed by atoms with Gasteiger partial charge in [0.15, 0.2) is 0 Å². The molecule has 0 atom stereocenters. The van der Waals surface area contributed by atoms with Gasteiger partial charge in [0.1, 0.15) is 5.84 Å². The largest absolute Gasteiger partial charge is 0.404 e. The molecule has 0 aliphatic carbocycles. The maximum atomic E-state index is 7.39. The van der Waals surface area contributed by atoms with Gasteiger partial charge in [0, 0.05) is 41.1 Å². The van der Waals surface area contributed by atoms with Gasteiger partial charge in [-0.05, 0) is 60.5 Å². The molecule has 0 unspecified atom stereocenters. The number of amidine groups is 1. The fourth-order valence-corrected chi connectivity index (χ4v) is 2.97. The lowest BCUT2D eigenvalue weighted by Crippen LogP contribution is -2.09. The van der Waals surface area contributed by atoms with Crippen LogP contribution < -0.4 is 11.1 Å². The zero-order valence-corrected chi connectivity index (χ0v) is 16.3. The minimum atomic E-state index is 0.532. The zero-order valence-electron chi connectivity index (χ0n) is 16.3. The topological polar surface area (TPSA) is 102 Å². The number of aromatic amines is 1. The molecule has 29 heavy (non-hydrogen) atoms. The molecule has 0 saturated heterocycles. The van der Waals surface area contributed by atoms with Gasteiger partial charge < -0.3 is 21.4 Å². The summed E-state index contributed by atoms with van der Waals surface area (Å²) >= 11 is 0. The van der Waals surface area contributed by atoms with Crippen LogP contribution in [0.4, 0.5) is 5.69 Å². The van der Waals surface area contributed by atoms with Crippen LogP contribution in [0.2, 0.25) is 0 Å². The highest BCUT2D eigenvalue weighted by atomic mass is 15.0. The van der Waals surface area contributed by atoms with Gasteiger partial charge in [-0.15, -0.1) is 0 Å². The summed E-state index contributed by atoms with van der Waals surface area (Å²) in [7, 11) is 0. The molecule has 0 aliphatic heterocycles. The molecule has 2 aromatic carbocycles. The Hall–Kier alpha value is -3.93. The number of H-pyrrole nitrogens is 1. The Morgan fingerprint density at radius 1 is 1.21 bits per heavy atom. The fourth-order valence-electron chi connectivity index (χ4n) is 2.97. The van der Waals surface area contributed by atoms with Gasteiger partial charge in [-0.2, -0.15) is 0 Å². The SMILES string of the molecule is C=N/C=C\C(=NCc1ccc2cc(C)[nH]c2c1)Nc1ccc(/C(C=N)=C/N)cc1. The minimum absolute atomic E-state index is 0.532. The van der Waals surface area contributed by atoms with E-state index in [-0.39, 0.29) is 0 Å². The maximum Gasteiger partial charge on any atom is 0.127 e. The molecule has 3 aromatic rings. The smallest absolute Gasteiger partial charge is 0.127 e. The van der Waals surface area contributed by atoms with E-state index >= 15 is 0 Å². The van der Waals surface area contributed by atoms with Gasteiger partial charge in [0.2, 0.25) is 0 Å². The van der Waals surface area contributed by atoms with E-state index in [1.807, 2.05) is 31.2 Å². The van der Waals surface area contributed by atoms with Crippen LogP contribution in [0, 0.1) is 12.3 Å². The predicted molar refractivity (Wildman–Crippen MR) is 124 cm³/mol. The molecule has 0 spiro atoms. The lowest BCUT2D eigenvalue weighted by molar-refractivity contribution is 1.07. The van der Waals surface area contributed by atoms with Crippen LogP contribution in [0.3, 0.4) is 0 Å². The van der Waals surface area contributed by atoms with Crippen molar-refractivity contribution in [2.24, 2.45) is 15.7 Å². The lowest BCUT2D eigenvalue weighted by atomic mass is 10.1. The van der Waals surface area contributed by atoms with E-state index in [9.17, 15) is 0 Å². The molecule has 1 aromatic heterocycles. The molecule has 0 amide bonds. The van der Waals surface area contributed by atoms with Crippen LogP contribution in [0.5, 0.6) is 0 Å². The van der Waals surface area contributed by atoms with Crippen LogP contribution >= 0.6 is 0 Å². The van der Waals surface area contributed by atoms with Crippen LogP contribution in [-0.2, 0) is 6.54 Å². The van der Waals surface area contributed by atoms with Gasteiger partial charge in [-0.3, -0.25) is 9.98 Å². The van der Waals surface area contributed by atoms with Crippen molar-refractivity contribution in [1.29, 1.82) is 5.41 Å². The Kier molecular flexibility index (Phi) is 6.37. The highest BCUT2D eigenvalue weighted by molar-refractivity contribution is 6.08. The Morgan fingerprint density at radius 2 is 2.00 bits per heavy atom. The third-order valence-corrected chi connectivity index (χ3v) is 4.42. The number of anilines is 1. The molecular weight excluding hydrogens is 360 g/mol. The molecule has 3 rings (SSSR count). The second kappa shape index (κ2) is 9.32. The van der Waals surface area contributed by atoms with Gasteiger partial charge in [0.25, 0.3) is 0 Å². The standard InChI is InChI=1S/C23H24N6/c1-16-11-19-4-3-17(12-22(19)28-16)15-27-23(9-10-26-2)29-21-7-5-18(6-8-21)20(13-24)14-25/h3-14,24,28H,2,15,25H2,1H3,(H,27,29)/b10-9-,20-14+,24-13?. The molecule has 0 saturated carbocycles. The number of benzene rings is 2.